The molecule has 0 saturated carbocycles. The van der Waals surface area contributed by atoms with Crippen molar-refractivity contribution in [2.75, 3.05) is 0 Å². The monoisotopic (exact) mass is 327 g/mol. The van der Waals surface area contributed by atoms with Gasteiger partial charge in [0.1, 0.15) is 0 Å². The van der Waals surface area contributed by atoms with Crippen LogP contribution in [0.3, 0.4) is 0 Å². The number of nitrogens with zero attached hydrogens (tertiary/aromatic N) is 3. The van der Waals surface area contributed by atoms with Gasteiger partial charge in [-0.1, -0.05) is 24.3 Å². The van der Waals surface area contributed by atoms with Gasteiger partial charge in [-0.2, -0.15) is 0 Å². The summed E-state index contributed by atoms with van der Waals surface area (Å²) in [4.78, 5) is 25.0. The average Bonchev–Trinajstić information content (AvgIpc) is 2.90. The number of rotatable bonds is 3. The first kappa shape index (κ1) is 16.3. The number of aliphatic hydroxyl groups is 1. The summed E-state index contributed by atoms with van der Waals surface area (Å²) in [6.07, 6.45) is 1.20. The van der Waals surface area contributed by atoms with Crippen LogP contribution in [-0.2, 0) is 20.6 Å². The molecule has 1 atom stereocenters. The highest BCUT2D eigenvalue weighted by Crippen LogP contribution is 2.30. The Morgan fingerprint density at radius 1 is 1.12 bits per heavy atom. The van der Waals surface area contributed by atoms with Crippen molar-refractivity contribution >= 4 is 10.9 Å². The predicted molar refractivity (Wildman–Crippen MR) is 94.3 cm³/mol. The molecular formula is C18H21N3O3. The normalized spacial score (nSPS) is 12.7. The van der Waals surface area contributed by atoms with Crippen LogP contribution in [0.15, 0.2) is 40.1 Å². The fourth-order valence-corrected chi connectivity index (χ4v) is 3.15. The number of aryl methyl sites for hydroxylation is 2. The number of hydrogen-bond donors (Lipinski definition) is 1. The zero-order valence-electron chi connectivity index (χ0n) is 14.3. The molecule has 126 valence electrons. The third-order valence-electron chi connectivity index (χ3n) is 4.37. The van der Waals surface area contributed by atoms with Crippen LogP contribution >= 0.6 is 0 Å². The van der Waals surface area contributed by atoms with E-state index in [1.165, 1.54) is 11.6 Å². The van der Waals surface area contributed by atoms with E-state index >= 15 is 0 Å². The van der Waals surface area contributed by atoms with Crippen LogP contribution in [0.2, 0.25) is 0 Å². The van der Waals surface area contributed by atoms with E-state index in [1.807, 2.05) is 35.8 Å². The molecule has 2 heterocycles. The Morgan fingerprint density at radius 3 is 2.42 bits per heavy atom. The summed E-state index contributed by atoms with van der Waals surface area (Å²) >= 11 is 0. The lowest BCUT2D eigenvalue weighted by molar-refractivity contribution is 0.174. The first-order valence-electron chi connectivity index (χ1n) is 7.85. The summed E-state index contributed by atoms with van der Waals surface area (Å²) in [5.74, 6) is 0. The van der Waals surface area contributed by atoms with Crippen LogP contribution in [0.1, 0.15) is 12.5 Å². The second kappa shape index (κ2) is 5.79. The molecule has 24 heavy (non-hydrogen) atoms. The van der Waals surface area contributed by atoms with Gasteiger partial charge in [0.15, 0.2) is 0 Å². The molecule has 3 aromatic rings. The molecule has 0 bridgehead atoms. The van der Waals surface area contributed by atoms with Crippen molar-refractivity contribution in [3.63, 3.8) is 0 Å². The standard InChI is InChI=1S/C18H21N3O3/c1-11-7-5-6-8-13(11)16-15-14(10-21(16)9-12(2)22)19(3)18(24)20(4)17(15)23/h5-8,10,12,22H,9H2,1-4H3. The van der Waals surface area contributed by atoms with Crippen LogP contribution in [0.25, 0.3) is 22.2 Å². The Morgan fingerprint density at radius 2 is 1.79 bits per heavy atom. The van der Waals surface area contributed by atoms with Gasteiger partial charge in [0.05, 0.1) is 22.7 Å². The lowest BCUT2D eigenvalue weighted by Gasteiger charge is -2.13. The van der Waals surface area contributed by atoms with Gasteiger partial charge in [-0.15, -0.1) is 0 Å². The Hall–Kier alpha value is -2.60. The zero-order chi connectivity index (χ0) is 17.6. The number of benzene rings is 1. The van der Waals surface area contributed by atoms with E-state index in [0.29, 0.717) is 17.4 Å². The predicted octanol–water partition coefficient (Wildman–Crippen LogP) is 1.39. The van der Waals surface area contributed by atoms with Gasteiger partial charge in [0.2, 0.25) is 0 Å². The highest BCUT2D eigenvalue weighted by Gasteiger charge is 2.20. The lowest BCUT2D eigenvalue weighted by Crippen LogP contribution is -2.36. The topological polar surface area (TPSA) is 69.2 Å². The van der Waals surface area contributed by atoms with Crippen LogP contribution < -0.4 is 11.2 Å². The molecule has 1 N–H and O–H groups in total. The quantitative estimate of drug-likeness (QED) is 0.790. The van der Waals surface area contributed by atoms with E-state index in [2.05, 4.69) is 0 Å². The maximum absolute atomic E-state index is 12.8. The molecule has 1 aromatic carbocycles. The highest BCUT2D eigenvalue weighted by molar-refractivity contribution is 5.94. The highest BCUT2D eigenvalue weighted by atomic mass is 16.3. The van der Waals surface area contributed by atoms with Gasteiger partial charge in [-0.05, 0) is 19.4 Å². The second-order valence-corrected chi connectivity index (χ2v) is 6.26. The van der Waals surface area contributed by atoms with Crippen molar-refractivity contribution in [3.05, 3.63) is 56.9 Å². The van der Waals surface area contributed by atoms with Gasteiger partial charge >= 0.3 is 5.69 Å². The Labute approximate surface area is 139 Å². The molecular weight excluding hydrogens is 306 g/mol. The van der Waals surface area contributed by atoms with Crippen LogP contribution in [0, 0.1) is 6.92 Å². The number of aromatic nitrogens is 3. The first-order chi connectivity index (χ1) is 11.3. The van der Waals surface area contributed by atoms with E-state index in [1.54, 1.807) is 20.2 Å². The molecule has 0 saturated heterocycles. The SMILES string of the molecule is Cc1ccccc1-c1c2c(=O)n(C)c(=O)n(C)c2cn1CC(C)O. The van der Waals surface area contributed by atoms with E-state index in [-0.39, 0.29) is 11.2 Å². The molecule has 3 rings (SSSR count). The van der Waals surface area contributed by atoms with Crippen molar-refractivity contribution in [2.45, 2.75) is 26.5 Å². The van der Waals surface area contributed by atoms with E-state index in [0.717, 1.165) is 21.4 Å². The second-order valence-electron chi connectivity index (χ2n) is 6.26. The summed E-state index contributed by atoms with van der Waals surface area (Å²) in [6.45, 7) is 4.02. The molecule has 0 fully saturated rings. The third kappa shape index (κ3) is 2.39. The molecule has 0 aliphatic rings. The van der Waals surface area contributed by atoms with Crippen molar-refractivity contribution in [2.24, 2.45) is 14.1 Å². The Bertz CT molecular complexity index is 1040. The summed E-state index contributed by atoms with van der Waals surface area (Å²) in [6, 6.07) is 7.79. The molecule has 0 amide bonds. The number of hydrogen-bond acceptors (Lipinski definition) is 3. The minimum Gasteiger partial charge on any atom is -0.392 e. The fraction of sp³-hybridized carbons (Fsp3) is 0.333. The molecule has 1 unspecified atom stereocenters. The van der Waals surface area contributed by atoms with Crippen LogP contribution in [0.4, 0.5) is 0 Å². The summed E-state index contributed by atoms with van der Waals surface area (Å²) in [5, 5.41) is 10.3. The van der Waals surface area contributed by atoms with Gasteiger partial charge < -0.3 is 9.67 Å². The average molecular weight is 327 g/mol. The minimum atomic E-state index is -0.574. The van der Waals surface area contributed by atoms with Gasteiger partial charge in [0.25, 0.3) is 5.56 Å². The van der Waals surface area contributed by atoms with Crippen molar-refractivity contribution in [1.82, 2.24) is 13.7 Å². The summed E-state index contributed by atoms with van der Waals surface area (Å²) < 4.78 is 4.45. The lowest BCUT2D eigenvalue weighted by atomic mass is 10.0. The van der Waals surface area contributed by atoms with Crippen molar-refractivity contribution < 1.29 is 5.11 Å². The fourth-order valence-electron chi connectivity index (χ4n) is 3.15. The summed E-state index contributed by atoms with van der Waals surface area (Å²) in [7, 11) is 3.14. The maximum atomic E-state index is 12.8. The smallest absolute Gasteiger partial charge is 0.330 e. The maximum Gasteiger partial charge on any atom is 0.330 e. The Balaban J connectivity index is 2.52. The van der Waals surface area contributed by atoms with Crippen LogP contribution in [0.5, 0.6) is 0 Å². The van der Waals surface area contributed by atoms with Gasteiger partial charge in [-0.3, -0.25) is 13.9 Å². The largest absolute Gasteiger partial charge is 0.392 e. The molecule has 0 aliphatic heterocycles. The van der Waals surface area contributed by atoms with Gasteiger partial charge in [-0.25, -0.2) is 4.79 Å². The molecule has 0 radical (unpaired) electrons. The zero-order valence-corrected chi connectivity index (χ0v) is 14.3. The Kier molecular flexibility index (Phi) is 3.93. The summed E-state index contributed by atoms with van der Waals surface area (Å²) in [5.41, 5.74) is 2.57. The molecule has 2 aromatic heterocycles. The van der Waals surface area contributed by atoms with Crippen molar-refractivity contribution in [3.8, 4) is 11.3 Å². The van der Waals surface area contributed by atoms with Gasteiger partial charge in [0, 0.05) is 32.4 Å². The third-order valence-corrected chi connectivity index (χ3v) is 4.37. The van der Waals surface area contributed by atoms with E-state index < -0.39 is 6.10 Å². The molecule has 0 spiro atoms. The van der Waals surface area contributed by atoms with E-state index in [9.17, 15) is 14.7 Å². The van der Waals surface area contributed by atoms with Crippen molar-refractivity contribution in [1.29, 1.82) is 0 Å². The number of fused-ring (bicyclic) bond motifs is 1. The van der Waals surface area contributed by atoms with E-state index in [4.69, 9.17) is 0 Å². The molecule has 6 heteroatoms. The molecule has 6 nitrogen and oxygen atoms in total. The first-order valence-corrected chi connectivity index (χ1v) is 7.85. The minimum absolute atomic E-state index is 0.323. The number of aliphatic hydroxyl groups excluding tert-OH is 1. The van der Waals surface area contributed by atoms with Crippen LogP contribution in [-0.4, -0.2) is 24.9 Å². The molecule has 0 aliphatic carbocycles.